The molecule has 1 N–H and O–H groups in total. The van der Waals surface area contributed by atoms with Crippen molar-refractivity contribution in [3.63, 3.8) is 0 Å². The second kappa shape index (κ2) is 3.70. The van der Waals surface area contributed by atoms with Crippen molar-refractivity contribution >= 4 is 11.7 Å². The summed E-state index contributed by atoms with van der Waals surface area (Å²) in [4.78, 5) is 14.7. The molecular formula is C9H15NO2. The van der Waals surface area contributed by atoms with Crippen LogP contribution in [0, 0.1) is 5.92 Å². The van der Waals surface area contributed by atoms with Gasteiger partial charge in [0.2, 0.25) is 0 Å². The second-order valence-electron chi connectivity index (χ2n) is 3.32. The third kappa shape index (κ3) is 1.84. The van der Waals surface area contributed by atoms with Crippen LogP contribution in [0.5, 0.6) is 0 Å². The number of aliphatic imine (C=N–C) groups is 1. The van der Waals surface area contributed by atoms with E-state index in [0.717, 1.165) is 18.6 Å². The zero-order valence-corrected chi connectivity index (χ0v) is 7.58. The zero-order valence-electron chi connectivity index (χ0n) is 7.58. The Morgan fingerprint density at radius 2 is 2.50 bits per heavy atom. The van der Waals surface area contributed by atoms with Crippen molar-refractivity contribution in [3.05, 3.63) is 0 Å². The Hall–Kier alpha value is -0.860. The van der Waals surface area contributed by atoms with Gasteiger partial charge in [-0.05, 0) is 25.2 Å². The molecule has 3 nitrogen and oxygen atoms in total. The Bertz CT molecular complexity index is 211. The van der Waals surface area contributed by atoms with Crippen LogP contribution < -0.4 is 0 Å². The predicted molar refractivity (Wildman–Crippen MR) is 47.5 cm³/mol. The average molecular weight is 169 g/mol. The largest absolute Gasteiger partial charge is 0.480 e. The minimum Gasteiger partial charge on any atom is -0.480 e. The molecule has 1 rings (SSSR count). The third-order valence-electron chi connectivity index (χ3n) is 2.46. The van der Waals surface area contributed by atoms with Crippen molar-refractivity contribution in [2.75, 3.05) is 0 Å². The first-order valence-corrected chi connectivity index (χ1v) is 4.44. The quantitative estimate of drug-likeness (QED) is 0.699. The summed E-state index contributed by atoms with van der Waals surface area (Å²) >= 11 is 0. The third-order valence-corrected chi connectivity index (χ3v) is 2.46. The fraction of sp³-hybridized carbons (Fsp3) is 0.778. The summed E-state index contributed by atoms with van der Waals surface area (Å²) in [7, 11) is 0. The van der Waals surface area contributed by atoms with Crippen LogP contribution in [0.15, 0.2) is 4.99 Å². The number of hydrogen-bond donors (Lipinski definition) is 1. The molecule has 0 spiro atoms. The van der Waals surface area contributed by atoms with Gasteiger partial charge in [0, 0.05) is 5.71 Å². The standard InChI is InChI=1S/C9H15NO2/c1-3-6(2)7-4-5-8(10-7)9(11)12/h6,8H,3-5H2,1-2H3,(H,11,12)/t6?,8-/m0/s1. The van der Waals surface area contributed by atoms with Crippen LogP contribution in [0.25, 0.3) is 0 Å². The van der Waals surface area contributed by atoms with Crippen LogP contribution in [-0.2, 0) is 4.79 Å². The lowest BCUT2D eigenvalue weighted by molar-refractivity contribution is -0.138. The molecule has 12 heavy (non-hydrogen) atoms. The van der Waals surface area contributed by atoms with E-state index in [1.165, 1.54) is 0 Å². The van der Waals surface area contributed by atoms with Gasteiger partial charge in [0.15, 0.2) is 0 Å². The molecule has 0 saturated carbocycles. The maximum atomic E-state index is 10.6. The Labute approximate surface area is 72.5 Å². The number of carboxylic acids is 1. The van der Waals surface area contributed by atoms with E-state index >= 15 is 0 Å². The van der Waals surface area contributed by atoms with Crippen molar-refractivity contribution in [1.29, 1.82) is 0 Å². The van der Waals surface area contributed by atoms with E-state index in [0.29, 0.717) is 12.3 Å². The highest BCUT2D eigenvalue weighted by molar-refractivity contribution is 5.92. The van der Waals surface area contributed by atoms with Gasteiger partial charge in [0.05, 0.1) is 0 Å². The molecule has 0 fully saturated rings. The lowest BCUT2D eigenvalue weighted by Gasteiger charge is -2.06. The lowest BCUT2D eigenvalue weighted by Crippen LogP contribution is -2.14. The summed E-state index contributed by atoms with van der Waals surface area (Å²) in [5.41, 5.74) is 1.09. The summed E-state index contributed by atoms with van der Waals surface area (Å²) in [6.07, 6.45) is 2.60. The molecule has 68 valence electrons. The molecule has 0 aromatic carbocycles. The molecule has 2 atom stereocenters. The van der Waals surface area contributed by atoms with E-state index < -0.39 is 12.0 Å². The van der Waals surface area contributed by atoms with Gasteiger partial charge >= 0.3 is 5.97 Å². The van der Waals surface area contributed by atoms with Gasteiger partial charge in [-0.2, -0.15) is 0 Å². The van der Waals surface area contributed by atoms with E-state index in [-0.39, 0.29) is 0 Å². The van der Waals surface area contributed by atoms with Crippen molar-refractivity contribution in [1.82, 2.24) is 0 Å². The van der Waals surface area contributed by atoms with Gasteiger partial charge in [0.25, 0.3) is 0 Å². The van der Waals surface area contributed by atoms with E-state index in [1.54, 1.807) is 0 Å². The number of aliphatic carboxylic acids is 1. The summed E-state index contributed by atoms with van der Waals surface area (Å²) in [5, 5.41) is 8.68. The number of nitrogens with zero attached hydrogens (tertiary/aromatic N) is 1. The number of carbonyl (C=O) groups is 1. The molecule has 0 aromatic rings. The smallest absolute Gasteiger partial charge is 0.328 e. The molecule has 0 aliphatic carbocycles. The Morgan fingerprint density at radius 3 is 2.92 bits per heavy atom. The van der Waals surface area contributed by atoms with Crippen molar-refractivity contribution < 1.29 is 9.90 Å². The van der Waals surface area contributed by atoms with Crippen molar-refractivity contribution in [2.45, 2.75) is 39.2 Å². The molecular weight excluding hydrogens is 154 g/mol. The zero-order chi connectivity index (χ0) is 9.14. The number of hydrogen-bond acceptors (Lipinski definition) is 2. The second-order valence-corrected chi connectivity index (χ2v) is 3.32. The molecule has 1 aliphatic heterocycles. The fourth-order valence-electron chi connectivity index (χ4n) is 1.40. The average Bonchev–Trinajstić information content (AvgIpc) is 2.51. The van der Waals surface area contributed by atoms with E-state index in [4.69, 9.17) is 5.11 Å². The molecule has 3 heteroatoms. The van der Waals surface area contributed by atoms with Gasteiger partial charge < -0.3 is 5.11 Å². The van der Waals surface area contributed by atoms with Gasteiger partial charge in [0.1, 0.15) is 6.04 Å². The lowest BCUT2D eigenvalue weighted by atomic mass is 10.0. The van der Waals surface area contributed by atoms with Crippen LogP contribution in [-0.4, -0.2) is 22.8 Å². The molecule has 0 saturated heterocycles. The van der Waals surface area contributed by atoms with Crippen LogP contribution >= 0.6 is 0 Å². The number of rotatable bonds is 3. The summed E-state index contributed by atoms with van der Waals surface area (Å²) in [6.45, 7) is 4.20. The van der Waals surface area contributed by atoms with Gasteiger partial charge in [-0.1, -0.05) is 13.8 Å². The van der Waals surface area contributed by atoms with Crippen molar-refractivity contribution in [2.24, 2.45) is 10.9 Å². The van der Waals surface area contributed by atoms with Gasteiger partial charge in [-0.3, -0.25) is 4.99 Å². The van der Waals surface area contributed by atoms with E-state index in [2.05, 4.69) is 18.8 Å². The monoisotopic (exact) mass is 169 g/mol. The Kier molecular flexibility index (Phi) is 2.84. The highest BCUT2D eigenvalue weighted by Crippen LogP contribution is 2.19. The highest BCUT2D eigenvalue weighted by Gasteiger charge is 2.25. The SMILES string of the molecule is CCC(C)C1=N[C@H](C(=O)O)CC1. The summed E-state index contributed by atoms with van der Waals surface area (Å²) in [6, 6.07) is -0.464. The molecule has 0 radical (unpaired) electrons. The Balaban J connectivity index is 2.59. The highest BCUT2D eigenvalue weighted by atomic mass is 16.4. The van der Waals surface area contributed by atoms with Crippen LogP contribution in [0.3, 0.4) is 0 Å². The molecule has 0 aromatic heterocycles. The summed E-state index contributed by atoms with van der Waals surface area (Å²) < 4.78 is 0. The predicted octanol–water partition coefficient (Wildman–Crippen LogP) is 1.72. The molecule has 1 unspecified atom stereocenters. The first kappa shape index (κ1) is 9.23. The van der Waals surface area contributed by atoms with Gasteiger partial charge in [-0.15, -0.1) is 0 Å². The van der Waals surface area contributed by atoms with E-state index in [1.807, 2.05) is 0 Å². The first-order valence-electron chi connectivity index (χ1n) is 4.44. The Morgan fingerprint density at radius 1 is 1.83 bits per heavy atom. The summed E-state index contributed by atoms with van der Waals surface area (Å²) in [5.74, 6) is -0.331. The minimum atomic E-state index is -0.784. The maximum absolute atomic E-state index is 10.6. The van der Waals surface area contributed by atoms with Crippen LogP contribution in [0.2, 0.25) is 0 Å². The molecule has 0 bridgehead atoms. The topological polar surface area (TPSA) is 49.7 Å². The maximum Gasteiger partial charge on any atom is 0.328 e. The van der Waals surface area contributed by atoms with Crippen LogP contribution in [0.4, 0.5) is 0 Å². The van der Waals surface area contributed by atoms with E-state index in [9.17, 15) is 4.79 Å². The first-order chi connectivity index (χ1) is 5.65. The molecule has 1 heterocycles. The minimum absolute atomic E-state index is 0.453. The molecule has 0 amide bonds. The van der Waals surface area contributed by atoms with Gasteiger partial charge in [-0.25, -0.2) is 4.79 Å². The number of carboxylic acid groups (broad SMARTS) is 1. The fourth-order valence-corrected chi connectivity index (χ4v) is 1.40. The van der Waals surface area contributed by atoms with Crippen LogP contribution in [0.1, 0.15) is 33.1 Å². The normalized spacial score (nSPS) is 25.2. The molecule has 1 aliphatic rings. The van der Waals surface area contributed by atoms with Crippen molar-refractivity contribution in [3.8, 4) is 0 Å².